The molecule has 18 heavy (non-hydrogen) atoms. The summed E-state index contributed by atoms with van der Waals surface area (Å²) in [4.78, 5) is 0. The van der Waals surface area contributed by atoms with Crippen LogP contribution >= 0.6 is 15.9 Å². The summed E-state index contributed by atoms with van der Waals surface area (Å²) in [6, 6.07) is 0. The van der Waals surface area contributed by atoms with E-state index in [1.165, 1.54) is 32.1 Å². The topological polar surface area (TPSA) is 38.0 Å². The predicted molar refractivity (Wildman–Crippen MR) is 76.4 cm³/mol. The van der Waals surface area contributed by atoms with Crippen molar-refractivity contribution in [2.45, 2.75) is 64.5 Å². The lowest BCUT2D eigenvalue weighted by atomic mass is 9.85. The second kappa shape index (κ2) is 6.71. The van der Waals surface area contributed by atoms with Gasteiger partial charge in [0.25, 0.3) is 0 Å². The van der Waals surface area contributed by atoms with Gasteiger partial charge in [0.05, 0.1) is 22.5 Å². The summed E-state index contributed by atoms with van der Waals surface area (Å²) in [5.41, 5.74) is 0.961. The van der Waals surface area contributed by atoms with Crippen molar-refractivity contribution in [1.29, 1.82) is 0 Å². The summed E-state index contributed by atoms with van der Waals surface area (Å²) in [6.45, 7) is 3.01. The van der Waals surface area contributed by atoms with Gasteiger partial charge in [-0.05, 0) is 34.7 Å². The number of aromatic nitrogens is 2. The maximum absolute atomic E-state index is 10.5. The van der Waals surface area contributed by atoms with Crippen molar-refractivity contribution < 1.29 is 5.11 Å². The molecule has 1 saturated carbocycles. The third-order valence-corrected chi connectivity index (χ3v) is 4.48. The highest BCUT2D eigenvalue weighted by molar-refractivity contribution is 9.10. The molecule has 1 N–H and O–H groups in total. The van der Waals surface area contributed by atoms with Crippen molar-refractivity contribution in [3.05, 3.63) is 16.4 Å². The molecule has 0 bridgehead atoms. The third kappa shape index (κ3) is 3.35. The van der Waals surface area contributed by atoms with E-state index in [2.05, 4.69) is 28.0 Å². The van der Waals surface area contributed by atoms with E-state index in [4.69, 9.17) is 0 Å². The van der Waals surface area contributed by atoms with Crippen LogP contribution in [0.5, 0.6) is 0 Å². The van der Waals surface area contributed by atoms with E-state index in [0.717, 1.165) is 29.6 Å². The van der Waals surface area contributed by atoms with Gasteiger partial charge in [0.1, 0.15) is 0 Å². The fraction of sp³-hybridized carbons (Fsp3) is 0.786. The molecule has 1 fully saturated rings. The smallest absolute Gasteiger partial charge is 0.0970 e. The lowest BCUT2D eigenvalue weighted by Crippen LogP contribution is -2.15. The van der Waals surface area contributed by atoms with Crippen molar-refractivity contribution in [3.8, 4) is 0 Å². The number of hydrogen-bond donors (Lipinski definition) is 1. The first kappa shape index (κ1) is 14.1. The minimum atomic E-state index is -0.378. The SMILES string of the molecule is CCCn1ncc(Br)c1C(O)CC1CCCCC1. The number of aliphatic hydroxyl groups is 1. The molecule has 1 atom stereocenters. The maximum atomic E-state index is 10.5. The zero-order valence-electron chi connectivity index (χ0n) is 11.1. The van der Waals surface area contributed by atoms with Crippen LogP contribution in [-0.2, 0) is 6.54 Å². The normalized spacial score (nSPS) is 19.1. The van der Waals surface area contributed by atoms with Crippen LogP contribution in [-0.4, -0.2) is 14.9 Å². The molecule has 0 spiro atoms. The van der Waals surface area contributed by atoms with Crippen LogP contribution in [0.15, 0.2) is 10.7 Å². The lowest BCUT2D eigenvalue weighted by molar-refractivity contribution is 0.121. The highest BCUT2D eigenvalue weighted by Crippen LogP contribution is 2.34. The number of hydrogen-bond acceptors (Lipinski definition) is 2. The van der Waals surface area contributed by atoms with Gasteiger partial charge >= 0.3 is 0 Å². The first-order chi connectivity index (χ1) is 8.72. The molecule has 0 saturated heterocycles. The van der Waals surface area contributed by atoms with E-state index in [-0.39, 0.29) is 6.10 Å². The quantitative estimate of drug-likeness (QED) is 0.890. The van der Waals surface area contributed by atoms with Crippen LogP contribution in [0, 0.1) is 5.92 Å². The Morgan fingerprint density at radius 3 is 2.83 bits per heavy atom. The van der Waals surface area contributed by atoms with Crippen molar-refractivity contribution in [2.75, 3.05) is 0 Å². The Morgan fingerprint density at radius 2 is 2.17 bits per heavy atom. The van der Waals surface area contributed by atoms with Gasteiger partial charge in [0.2, 0.25) is 0 Å². The summed E-state index contributed by atoms with van der Waals surface area (Å²) >= 11 is 3.51. The van der Waals surface area contributed by atoms with Crippen LogP contribution in [0.1, 0.15) is 63.7 Å². The zero-order valence-corrected chi connectivity index (χ0v) is 12.7. The fourth-order valence-corrected chi connectivity index (χ4v) is 3.50. The summed E-state index contributed by atoms with van der Waals surface area (Å²) in [6.07, 6.45) is 9.91. The van der Waals surface area contributed by atoms with Crippen LogP contribution in [0.2, 0.25) is 0 Å². The summed E-state index contributed by atoms with van der Waals surface area (Å²) in [7, 11) is 0. The van der Waals surface area contributed by atoms with Gasteiger partial charge in [-0.25, -0.2) is 0 Å². The minimum Gasteiger partial charge on any atom is -0.387 e. The van der Waals surface area contributed by atoms with E-state index in [0.29, 0.717) is 5.92 Å². The summed E-state index contributed by atoms with van der Waals surface area (Å²) < 4.78 is 2.89. The molecule has 102 valence electrons. The predicted octanol–water partition coefficient (Wildman–Crippen LogP) is 4.06. The third-order valence-electron chi connectivity index (χ3n) is 3.87. The van der Waals surface area contributed by atoms with Gasteiger partial charge in [0.15, 0.2) is 0 Å². The van der Waals surface area contributed by atoms with Crippen LogP contribution in [0.4, 0.5) is 0 Å². The molecule has 1 aliphatic rings. The van der Waals surface area contributed by atoms with E-state index in [1.54, 1.807) is 6.20 Å². The van der Waals surface area contributed by atoms with Crippen LogP contribution in [0.3, 0.4) is 0 Å². The van der Waals surface area contributed by atoms with E-state index >= 15 is 0 Å². The fourth-order valence-electron chi connectivity index (χ4n) is 2.94. The van der Waals surface area contributed by atoms with Crippen LogP contribution < -0.4 is 0 Å². The zero-order chi connectivity index (χ0) is 13.0. The molecule has 0 radical (unpaired) electrons. The Balaban J connectivity index is 2.02. The van der Waals surface area contributed by atoms with Crippen molar-refractivity contribution in [3.63, 3.8) is 0 Å². The van der Waals surface area contributed by atoms with Crippen molar-refractivity contribution in [1.82, 2.24) is 9.78 Å². The number of aliphatic hydroxyl groups excluding tert-OH is 1. The molecule has 1 aliphatic carbocycles. The molecule has 0 aromatic carbocycles. The Bertz CT molecular complexity index is 372. The largest absolute Gasteiger partial charge is 0.387 e. The van der Waals surface area contributed by atoms with Gasteiger partial charge in [-0.2, -0.15) is 5.10 Å². The van der Waals surface area contributed by atoms with Crippen molar-refractivity contribution in [2.24, 2.45) is 5.92 Å². The molecule has 0 aliphatic heterocycles. The second-order valence-corrected chi connectivity index (χ2v) is 6.21. The summed E-state index contributed by atoms with van der Waals surface area (Å²) in [5.74, 6) is 0.686. The monoisotopic (exact) mass is 314 g/mol. The number of aryl methyl sites for hydroxylation is 1. The molecule has 3 nitrogen and oxygen atoms in total. The average molecular weight is 315 g/mol. The second-order valence-electron chi connectivity index (χ2n) is 5.36. The lowest BCUT2D eigenvalue weighted by Gasteiger charge is -2.24. The number of halogens is 1. The van der Waals surface area contributed by atoms with Crippen molar-refractivity contribution >= 4 is 15.9 Å². The standard InChI is InChI=1S/C14H23BrN2O/c1-2-8-17-14(12(15)10-16-17)13(18)9-11-6-4-3-5-7-11/h10-11,13,18H,2-9H2,1H3. The van der Waals surface area contributed by atoms with E-state index in [9.17, 15) is 5.11 Å². The molecule has 1 aromatic rings. The Hall–Kier alpha value is -0.350. The number of rotatable bonds is 5. The van der Waals surface area contributed by atoms with Gasteiger partial charge in [-0.3, -0.25) is 4.68 Å². The first-order valence-corrected chi connectivity index (χ1v) is 7.91. The van der Waals surface area contributed by atoms with Gasteiger partial charge < -0.3 is 5.11 Å². The Kier molecular flexibility index (Phi) is 5.25. The van der Waals surface area contributed by atoms with E-state index in [1.807, 2.05) is 4.68 Å². The molecule has 1 aromatic heterocycles. The molecular formula is C14H23BrN2O. The van der Waals surface area contributed by atoms with E-state index < -0.39 is 0 Å². The number of nitrogens with zero attached hydrogens (tertiary/aromatic N) is 2. The molecule has 1 heterocycles. The molecule has 1 unspecified atom stereocenters. The Labute approximate surface area is 118 Å². The summed E-state index contributed by atoms with van der Waals surface area (Å²) in [5, 5.41) is 14.8. The molecular weight excluding hydrogens is 292 g/mol. The van der Waals surface area contributed by atoms with Gasteiger partial charge in [-0.1, -0.05) is 39.0 Å². The maximum Gasteiger partial charge on any atom is 0.0970 e. The van der Waals surface area contributed by atoms with Gasteiger partial charge in [0, 0.05) is 6.54 Å². The highest BCUT2D eigenvalue weighted by Gasteiger charge is 2.23. The highest BCUT2D eigenvalue weighted by atomic mass is 79.9. The average Bonchev–Trinajstić information content (AvgIpc) is 2.72. The molecule has 0 amide bonds. The first-order valence-electron chi connectivity index (χ1n) is 7.11. The molecule has 4 heteroatoms. The van der Waals surface area contributed by atoms with Gasteiger partial charge in [-0.15, -0.1) is 0 Å². The molecule has 2 rings (SSSR count). The van der Waals surface area contributed by atoms with Crippen LogP contribution in [0.25, 0.3) is 0 Å². The Morgan fingerprint density at radius 1 is 1.44 bits per heavy atom. The minimum absolute atomic E-state index is 0.378.